The molecule has 1 saturated carbocycles. The third-order valence-corrected chi connectivity index (χ3v) is 8.08. The van der Waals surface area contributed by atoms with E-state index in [4.69, 9.17) is 0 Å². The van der Waals surface area contributed by atoms with Crippen molar-refractivity contribution in [1.29, 1.82) is 0 Å². The van der Waals surface area contributed by atoms with E-state index in [-0.39, 0.29) is 35.9 Å². The fourth-order valence-corrected chi connectivity index (χ4v) is 4.78. The number of anilines is 2. The monoisotopic (exact) mass is 489 g/mol. The molecule has 168 valence electrons. The molecular weight excluding hydrogens is 458 g/mol. The van der Waals surface area contributed by atoms with Crippen LogP contribution < -0.4 is 16.2 Å². The van der Waals surface area contributed by atoms with Crippen molar-refractivity contribution in [1.82, 2.24) is 14.8 Å². The Morgan fingerprint density at radius 3 is 2.61 bits per heavy atom. The van der Waals surface area contributed by atoms with Crippen molar-refractivity contribution < 1.29 is 4.79 Å². The Balaban J connectivity index is 1.65. The summed E-state index contributed by atoms with van der Waals surface area (Å²) >= 11 is 3.45. The summed E-state index contributed by atoms with van der Waals surface area (Å²) in [5.41, 5.74) is 1.42. The minimum absolute atomic E-state index is 0.151. The van der Waals surface area contributed by atoms with Gasteiger partial charge in [0.1, 0.15) is 4.47 Å². The molecule has 0 spiro atoms. The van der Waals surface area contributed by atoms with Crippen LogP contribution in [0.25, 0.3) is 0 Å². The number of nitrogens with zero attached hydrogens (tertiary/aromatic N) is 3. The Morgan fingerprint density at radius 1 is 1.26 bits per heavy atom. The molecule has 2 aromatic rings. The topological polar surface area (TPSA) is 88.9 Å². The predicted octanol–water partition coefficient (Wildman–Crippen LogP) is 4.55. The highest BCUT2D eigenvalue weighted by Gasteiger charge is 2.43. The van der Waals surface area contributed by atoms with Crippen LogP contribution in [0.15, 0.2) is 40.0 Å². The number of rotatable bonds is 6. The number of carbonyl (C=O) groups excluding carboxylic acids is 1. The number of carbonyl (C=O) groups is 1. The molecule has 2 N–H and O–H groups in total. The van der Waals surface area contributed by atoms with E-state index in [1.165, 1.54) is 4.68 Å². The number of halogens is 1. The molecule has 3 rings (SSSR count). The lowest BCUT2D eigenvalue weighted by molar-refractivity contribution is -0.116. The summed E-state index contributed by atoms with van der Waals surface area (Å²) in [5, 5.41) is 10.6. The van der Waals surface area contributed by atoms with E-state index in [0.717, 1.165) is 6.42 Å². The smallest absolute Gasteiger partial charge is 0.283 e. The first-order chi connectivity index (χ1) is 14.6. The van der Waals surface area contributed by atoms with E-state index >= 15 is 0 Å². The van der Waals surface area contributed by atoms with E-state index in [1.807, 2.05) is 0 Å². The second-order valence-corrected chi connectivity index (χ2v) is 10.1. The SMILES string of the molecule is C[C@@H]1[C@@H](C)C(C)(C)[C@@H](C)C[C@H]1Nc1cnn(CCC(=O)Nc2ccncc2)c(=O)c1Br. The Hall–Kier alpha value is -2.22. The number of hydrogen-bond acceptors (Lipinski definition) is 5. The van der Waals surface area contributed by atoms with Gasteiger partial charge in [-0.2, -0.15) is 5.10 Å². The Bertz CT molecular complexity index is 976. The first kappa shape index (κ1) is 23.4. The van der Waals surface area contributed by atoms with Gasteiger partial charge in [0, 0.05) is 30.5 Å². The van der Waals surface area contributed by atoms with Gasteiger partial charge in [-0.15, -0.1) is 0 Å². The molecule has 31 heavy (non-hydrogen) atoms. The van der Waals surface area contributed by atoms with Crippen molar-refractivity contribution in [3.8, 4) is 0 Å². The maximum atomic E-state index is 12.8. The zero-order valence-electron chi connectivity index (χ0n) is 18.9. The van der Waals surface area contributed by atoms with E-state index in [9.17, 15) is 9.59 Å². The molecule has 1 fully saturated rings. The Labute approximate surface area is 192 Å². The number of amides is 1. The van der Waals surface area contributed by atoms with Gasteiger partial charge in [-0.05, 0) is 57.7 Å². The standard InChI is InChI=1S/C23H32BrN5O2/c1-14-12-18(15(2)16(3)23(14,4)5)28-19-13-26-29(22(31)21(19)24)11-8-20(30)27-17-6-9-25-10-7-17/h6-7,9-10,13-16,18,28H,8,11-12H2,1-5H3,(H,25,27,30)/t14-,15+,16+,18+/m0/s1. The van der Waals surface area contributed by atoms with Gasteiger partial charge in [0.15, 0.2) is 0 Å². The molecule has 0 bridgehead atoms. The van der Waals surface area contributed by atoms with Crippen LogP contribution in [-0.2, 0) is 11.3 Å². The van der Waals surface area contributed by atoms with Crippen molar-refractivity contribution in [3.63, 3.8) is 0 Å². The maximum Gasteiger partial charge on any atom is 0.283 e. The van der Waals surface area contributed by atoms with Gasteiger partial charge < -0.3 is 10.6 Å². The second-order valence-electron chi connectivity index (χ2n) is 9.29. The summed E-state index contributed by atoms with van der Waals surface area (Å²) in [6.45, 7) is 11.8. The molecule has 0 unspecified atom stereocenters. The van der Waals surface area contributed by atoms with Gasteiger partial charge in [0.05, 0.1) is 18.4 Å². The highest BCUT2D eigenvalue weighted by atomic mass is 79.9. The minimum Gasteiger partial charge on any atom is -0.380 e. The molecule has 0 aliphatic heterocycles. The van der Waals surface area contributed by atoms with Crippen LogP contribution in [0.3, 0.4) is 0 Å². The Morgan fingerprint density at radius 2 is 1.94 bits per heavy atom. The molecule has 0 saturated heterocycles. The molecule has 2 heterocycles. The Kier molecular flexibility index (Phi) is 7.19. The van der Waals surface area contributed by atoms with Crippen LogP contribution in [0.1, 0.15) is 47.5 Å². The molecule has 1 amide bonds. The molecule has 0 aromatic carbocycles. The molecule has 2 aromatic heterocycles. The number of pyridine rings is 1. The van der Waals surface area contributed by atoms with Gasteiger partial charge in [0.2, 0.25) is 5.91 Å². The van der Waals surface area contributed by atoms with Gasteiger partial charge in [0.25, 0.3) is 5.56 Å². The largest absolute Gasteiger partial charge is 0.380 e. The minimum atomic E-state index is -0.244. The zero-order valence-corrected chi connectivity index (χ0v) is 20.4. The van der Waals surface area contributed by atoms with Crippen molar-refractivity contribution in [3.05, 3.63) is 45.5 Å². The van der Waals surface area contributed by atoms with Crippen LogP contribution in [0, 0.1) is 23.2 Å². The summed E-state index contributed by atoms with van der Waals surface area (Å²) in [7, 11) is 0. The highest BCUT2D eigenvalue weighted by Crippen LogP contribution is 2.48. The van der Waals surface area contributed by atoms with E-state index < -0.39 is 0 Å². The summed E-state index contributed by atoms with van der Waals surface area (Å²) < 4.78 is 1.77. The van der Waals surface area contributed by atoms with Crippen LogP contribution in [0.2, 0.25) is 0 Å². The lowest BCUT2D eigenvalue weighted by Crippen LogP contribution is -2.48. The second kappa shape index (κ2) is 9.51. The normalized spacial score (nSPS) is 25.1. The molecule has 1 aliphatic carbocycles. The van der Waals surface area contributed by atoms with Gasteiger partial charge in [-0.1, -0.05) is 34.6 Å². The van der Waals surface area contributed by atoms with Crippen molar-refractivity contribution in [2.24, 2.45) is 23.2 Å². The number of hydrogen-bond donors (Lipinski definition) is 2. The first-order valence-corrected chi connectivity index (χ1v) is 11.6. The molecule has 8 heteroatoms. The number of aryl methyl sites for hydroxylation is 1. The molecule has 4 atom stereocenters. The summed E-state index contributed by atoms with van der Waals surface area (Å²) in [4.78, 5) is 28.9. The van der Waals surface area contributed by atoms with Gasteiger partial charge in [-0.25, -0.2) is 4.68 Å². The van der Waals surface area contributed by atoms with E-state index in [0.29, 0.717) is 33.6 Å². The zero-order chi connectivity index (χ0) is 22.8. The fraction of sp³-hybridized carbons (Fsp3) is 0.565. The van der Waals surface area contributed by atoms with Gasteiger partial charge >= 0.3 is 0 Å². The average molecular weight is 490 g/mol. The summed E-state index contributed by atoms with van der Waals surface area (Å²) in [6.07, 6.45) is 6.09. The lowest BCUT2D eigenvalue weighted by Gasteiger charge is -2.50. The van der Waals surface area contributed by atoms with Crippen LogP contribution in [0.5, 0.6) is 0 Å². The maximum absolute atomic E-state index is 12.8. The quantitative estimate of drug-likeness (QED) is 0.621. The first-order valence-electron chi connectivity index (χ1n) is 10.8. The number of aromatic nitrogens is 3. The lowest BCUT2D eigenvalue weighted by atomic mass is 9.58. The molecular formula is C23H32BrN5O2. The van der Waals surface area contributed by atoms with Crippen LogP contribution in [0.4, 0.5) is 11.4 Å². The third-order valence-electron chi connectivity index (χ3n) is 7.32. The van der Waals surface area contributed by atoms with Crippen LogP contribution >= 0.6 is 15.9 Å². The molecule has 7 nitrogen and oxygen atoms in total. The number of nitrogens with one attached hydrogen (secondary N) is 2. The van der Waals surface area contributed by atoms with Crippen molar-refractivity contribution in [2.45, 2.75) is 60.0 Å². The molecule has 1 aliphatic rings. The summed E-state index contributed by atoms with van der Waals surface area (Å²) in [5.74, 6) is 1.42. The fourth-order valence-electron chi connectivity index (χ4n) is 4.36. The van der Waals surface area contributed by atoms with Crippen molar-refractivity contribution in [2.75, 3.05) is 10.6 Å². The predicted molar refractivity (Wildman–Crippen MR) is 127 cm³/mol. The third kappa shape index (κ3) is 5.17. The average Bonchev–Trinajstić information content (AvgIpc) is 2.74. The summed E-state index contributed by atoms with van der Waals surface area (Å²) in [6, 6.07) is 3.71. The van der Waals surface area contributed by atoms with E-state index in [1.54, 1.807) is 30.7 Å². The molecule has 0 radical (unpaired) electrons. The van der Waals surface area contributed by atoms with Gasteiger partial charge in [-0.3, -0.25) is 14.6 Å². The van der Waals surface area contributed by atoms with Crippen LogP contribution in [-0.4, -0.2) is 26.7 Å². The highest BCUT2D eigenvalue weighted by molar-refractivity contribution is 9.10. The van der Waals surface area contributed by atoms with E-state index in [2.05, 4.69) is 71.3 Å². The van der Waals surface area contributed by atoms with Crippen molar-refractivity contribution >= 4 is 33.2 Å².